The molecule has 0 saturated heterocycles. The third-order valence-electron chi connectivity index (χ3n) is 3.79. The first-order valence-corrected chi connectivity index (χ1v) is 9.27. The molecule has 1 aromatic heterocycles. The van der Waals surface area contributed by atoms with E-state index in [-0.39, 0.29) is 5.91 Å². The molecule has 1 heterocycles. The zero-order chi connectivity index (χ0) is 15.7. The topological polar surface area (TPSA) is 36.1 Å². The Labute approximate surface area is 147 Å². The molecule has 0 unspecified atom stereocenters. The Bertz CT molecular complexity index is 749. The third-order valence-corrected chi connectivity index (χ3v) is 5.62. The second kappa shape index (κ2) is 6.64. The zero-order valence-corrected chi connectivity index (χ0v) is 15.5. The van der Waals surface area contributed by atoms with Gasteiger partial charge in [0.2, 0.25) is 5.91 Å². The maximum absolute atomic E-state index is 12.7. The highest BCUT2D eigenvalue weighted by atomic mass is 79.9. The minimum atomic E-state index is 0.191. The molecular formula is C16H17BrN2OS2. The van der Waals surface area contributed by atoms with E-state index in [9.17, 15) is 4.79 Å². The number of aromatic amines is 1. The Morgan fingerprint density at radius 3 is 2.86 bits per heavy atom. The van der Waals surface area contributed by atoms with E-state index >= 15 is 0 Å². The summed E-state index contributed by atoms with van der Waals surface area (Å²) in [6.45, 7) is 2.66. The summed E-state index contributed by atoms with van der Waals surface area (Å²) in [5, 5.41) is 0. The maximum atomic E-state index is 12.7. The van der Waals surface area contributed by atoms with Crippen molar-refractivity contribution in [3.8, 4) is 0 Å². The van der Waals surface area contributed by atoms with Crippen molar-refractivity contribution < 1.29 is 4.79 Å². The predicted octanol–water partition coefficient (Wildman–Crippen LogP) is 4.61. The number of H-pyrrole nitrogens is 1. The van der Waals surface area contributed by atoms with Gasteiger partial charge in [0.25, 0.3) is 0 Å². The summed E-state index contributed by atoms with van der Waals surface area (Å²) < 4.78 is 1.79. The summed E-state index contributed by atoms with van der Waals surface area (Å²) in [4.78, 5) is 18.9. The second-order valence-corrected chi connectivity index (χ2v) is 8.31. The van der Waals surface area contributed by atoms with Gasteiger partial charge in [-0.2, -0.15) is 0 Å². The van der Waals surface area contributed by atoms with Gasteiger partial charge in [0.1, 0.15) is 0 Å². The molecule has 1 N–H and O–H groups in total. The lowest BCUT2D eigenvalue weighted by molar-refractivity contribution is -0.131. The van der Waals surface area contributed by atoms with Crippen LogP contribution in [-0.4, -0.2) is 21.8 Å². The highest BCUT2D eigenvalue weighted by Gasteiger charge is 2.32. The van der Waals surface area contributed by atoms with Crippen molar-refractivity contribution in [1.29, 1.82) is 0 Å². The fourth-order valence-corrected chi connectivity index (χ4v) is 4.21. The molecule has 1 saturated carbocycles. The van der Waals surface area contributed by atoms with E-state index in [1.54, 1.807) is 0 Å². The molecule has 3 nitrogen and oxygen atoms in total. The summed E-state index contributed by atoms with van der Waals surface area (Å²) in [5.41, 5.74) is 2.18. The number of aryl methyl sites for hydroxylation is 1. The van der Waals surface area contributed by atoms with Crippen LogP contribution in [0, 0.1) is 10.9 Å². The van der Waals surface area contributed by atoms with Crippen LogP contribution >= 0.6 is 39.5 Å². The molecule has 0 aliphatic heterocycles. The molecule has 22 heavy (non-hydrogen) atoms. The molecule has 1 amide bonds. The van der Waals surface area contributed by atoms with E-state index in [0.717, 1.165) is 37.4 Å². The number of rotatable bonds is 5. The van der Waals surface area contributed by atoms with E-state index in [1.807, 2.05) is 24.0 Å². The number of thiazole rings is 1. The number of hydrogen-bond donors (Lipinski definition) is 1. The largest absolute Gasteiger partial charge is 0.341 e. The minimum Gasteiger partial charge on any atom is -0.341 e. The van der Waals surface area contributed by atoms with Crippen molar-refractivity contribution in [2.45, 2.75) is 38.8 Å². The van der Waals surface area contributed by atoms with Gasteiger partial charge in [0.15, 0.2) is 3.95 Å². The smallest absolute Gasteiger partial charge is 0.228 e. The van der Waals surface area contributed by atoms with E-state index in [2.05, 4.69) is 33.0 Å². The number of nitrogens with zero attached hydrogens (tertiary/aromatic N) is 1. The van der Waals surface area contributed by atoms with Crippen LogP contribution in [0.3, 0.4) is 0 Å². The lowest BCUT2D eigenvalue weighted by Gasteiger charge is -2.22. The van der Waals surface area contributed by atoms with Crippen LogP contribution in [0.2, 0.25) is 0 Å². The summed E-state index contributed by atoms with van der Waals surface area (Å²) in [6.07, 6.45) is 2.66. The lowest BCUT2D eigenvalue weighted by atomic mass is 10.2. The first-order valence-electron chi connectivity index (χ1n) is 7.25. The molecule has 3 rings (SSSR count). The van der Waals surface area contributed by atoms with Crippen molar-refractivity contribution >= 4 is 45.4 Å². The summed E-state index contributed by atoms with van der Waals surface area (Å²) in [7, 11) is 0. The first-order chi connectivity index (χ1) is 10.5. The van der Waals surface area contributed by atoms with Gasteiger partial charge in [-0.05, 0) is 49.7 Å². The van der Waals surface area contributed by atoms with Gasteiger partial charge < -0.3 is 9.88 Å². The van der Waals surface area contributed by atoms with Gasteiger partial charge in [-0.25, -0.2) is 0 Å². The Morgan fingerprint density at radius 2 is 2.27 bits per heavy atom. The van der Waals surface area contributed by atoms with Crippen molar-refractivity contribution in [1.82, 2.24) is 9.88 Å². The Morgan fingerprint density at radius 1 is 1.50 bits per heavy atom. The summed E-state index contributed by atoms with van der Waals surface area (Å²) in [6, 6.07) is 8.56. The van der Waals surface area contributed by atoms with Gasteiger partial charge >= 0.3 is 0 Å². The van der Waals surface area contributed by atoms with Crippen LogP contribution in [0.1, 0.15) is 29.0 Å². The van der Waals surface area contributed by atoms with Gasteiger partial charge in [-0.3, -0.25) is 4.79 Å². The van der Waals surface area contributed by atoms with Crippen LogP contribution in [0.15, 0.2) is 28.7 Å². The monoisotopic (exact) mass is 396 g/mol. The maximum Gasteiger partial charge on any atom is 0.228 e. The number of aromatic nitrogens is 1. The molecule has 0 bridgehead atoms. The average Bonchev–Trinajstić information content (AvgIpc) is 3.23. The van der Waals surface area contributed by atoms with E-state index in [1.165, 1.54) is 11.3 Å². The van der Waals surface area contributed by atoms with Crippen LogP contribution in [0.5, 0.6) is 0 Å². The van der Waals surface area contributed by atoms with Crippen molar-refractivity contribution in [3.63, 3.8) is 0 Å². The second-order valence-electron chi connectivity index (χ2n) is 5.62. The number of carbonyl (C=O) groups excluding carboxylic acids is 1. The summed E-state index contributed by atoms with van der Waals surface area (Å²) in [5.74, 6) is 0.191. The standard InChI is InChI=1S/C16H17BrN2OS2/c1-10-14(22-16(21)18-10)8-15(20)19(13-5-6-13)9-11-3-2-4-12(17)7-11/h2-4,7,13H,5-6,8-9H2,1H3,(H,18,21). The van der Waals surface area contributed by atoms with Crippen LogP contribution in [0.4, 0.5) is 0 Å². The van der Waals surface area contributed by atoms with Crippen molar-refractivity contribution in [2.75, 3.05) is 0 Å². The van der Waals surface area contributed by atoms with Gasteiger partial charge in [0, 0.05) is 27.6 Å². The van der Waals surface area contributed by atoms with E-state index < -0.39 is 0 Å². The molecule has 6 heteroatoms. The molecule has 1 fully saturated rings. The summed E-state index contributed by atoms with van der Waals surface area (Å²) >= 11 is 10.2. The normalized spacial score (nSPS) is 14.1. The highest BCUT2D eigenvalue weighted by molar-refractivity contribution is 9.10. The van der Waals surface area contributed by atoms with Gasteiger partial charge in [-0.15, -0.1) is 11.3 Å². The Hall–Kier alpha value is -0.980. The molecule has 116 valence electrons. The van der Waals surface area contributed by atoms with Crippen molar-refractivity contribution in [2.24, 2.45) is 0 Å². The molecule has 2 aromatic rings. The molecule has 0 radical (unpaired) electrons. The number of nitrogens with one attached hydrogen (secondary N) is 1. The fraction of sp³-hybridized carbons (Fsp3) is 0.375. The molecule has 1 aliphatic carbocycles. The van der Waals surface area contributed by atoms with E-state index in [0.29, 0.717) is 19.0 Å². The fourth-order valence-electron chi connectivity index (χ4n) is 2.48. The first kappa shape index (κ1) is 15.9. The molecular weight excluding hydrogens is 380 g/mol. The number of benzene rings is 1. The Balaban J connectivity index is 1.75. The zero-order valence-electron chi connectivity index (χ0n) is 12.3. The highest BCUT2D eigenvalue weighted by Crippen LogP contribution is 2.30. The number of halogens is 1. The SMILES string of the molecule is Cc1[nH]c(=S)sc1CC(=O)N(Cc1cccc(Br)c1)C1CC1. The lowest BCUT2D eigenvalue weighted by Crippen LogP contribution is -2.33. The molecule has 0 atom stereocenters. The average molecular weight is 397 g/mol. The quantitative estimate of drug-likeness (QED) is 0.748. The molecule has 1 aromatic carbocycles. The van der Waals surface area contributed by atoms with E-state index in [4.69, 9.17) is 12.2 Å². The van der Waals surface area contributed by atoms with Crippen LogP contribution in [-0.2, 0) is 17.8 Å². The Kier molecular flexibility index (Phi) is 4.80. The van der Waals surface area contributed by atoms with Crippen LogP contribution < -0.4 is 0 Å². The van der Waals surface area contributed by atoms with Gasteiger partial charge in [0.05, 0.1) is 6.42 Å². The van der Waals surface area contributed by atoms with Gasteiger partial charge in [-0.1, -0.05) is 28.1 Å². The number of amides is 1. The number of hydrogen-bond acceptors (Lipinski definition) is 3. The minimum absolute atomic E-state index is 0.191. The molecule has 1 aliphatic rings. The third kappa shape index (κ3) is 3.86. The van der Waals surface area contributed by atoms with Crippen molar-refractivity contribution in [3.05, 3.63) is 48.8 Å². The molecule has 0 spiro atoms. The van der Waals surface area contributed by atoms with Crippen LogP contribution in [0.25, 0.3) is 0 Å². The predicted molar refractivity (Wildman–Crippen MR) is 95.7 cm³/mol. The number of carbonyl (C=O) groups is 1.